The standard InChI is InChI=1S/C26H44N4O2/c1-3-27-25(29-22-26(13-7-14-26)15-20-31-2)28-16-8-19-32-24-11-17-30(18-12-24)21-23-9-5-4-6-10-23/h4-6,9-10,24H,3,7-8,11-22H2,1-2H3,(H2,27,28,29). The van der Waals surface area contributed by atoms with Crippen LogP contribution >= 0.6 is 0 Å². The van der Waals surface area contributed by atoms with E-state index in [4.69, 9.17) is 14.5 Å². The molecule has 6 nitrogen and oxygen atoms in total. The number of hydrogen-bond acceptors (Lipinski definition) is 4. The molecular weight excluding hydrogens is 400 g/mol. The van der Waals surface area contributed by atoms with Crippen molar-refractivity contribution in [1.82, 2.24) is 15.5 Å². The molecule has 6 heteroatoms. The second kappa shape index (κ2) is 13.8. The van der Waals surface area contributed by atoms with Gasteiger partial charge in [0.25, 0.3) is 0 Å². The second-order valence-corrected chi connectivity index (χ2v) is 9.40. The van der Waals surface area contributed by atoms with E-state index in [0.717, 1.165) is 84.1 Å². The van der Waals surface area contributed by atoms with Crippen LogP contribution in [0.5, 0.6) is 0 Å². The van der Waals surface area contributed by atoms with Gasteiger partial charge in [-0.3, -0.25) is 9.89 Å². The zero-order valence-corrected chi connectivity index (χ0v) is 20.3. The molecule has 1 heterocycles. The van der Waals surface area contributed by atoms with Gasteiger partial charge in [-0.1, -0.05) is 36.8 Å². The Morgan fingerprint density at radius 2 is 1.91 bits per heavy atom. The van der Waals surface area contributed by atoms with Crippen molar-refractivity contribution >= 4 is 5.96 Å². The van der Waals surface area contributed by atoms with E-state index in [2.05, 4.69) is 52.8 Å². The third kappa shape index (κ3) is 8.38. The SMILES string of the molecule is CCNC(=NCC1(CCOC)CCC1)NCCCOC1CCN(Cc2ccccc2)CC1. The molecule has 0 unspecified atom stereocenters. The number of ether oxygens (including phenoxy) is 2. The topological polar surface area (TPSA) is 58.1 Å². The molecule has 0 spiro atoms. The normalized spacial score (nSPS) is 19.5. The van der Waals surface area contributed by atoms with Gasteiger partial charge in [0.05, 0.1) is 6.10 Å². The van der Waals surface area contributed by atoms with Crippen LogP contribution in [-0.4, -0.2) is 70.0 Å². The van der Waals surface area contributed by atoms with Crippen molar-refractivity contribution in [3.63, 3.8) is 0 Å². The van der Waals surface area contributed by atoms with Crippen LogP contribution in [-0.2, 0) is 16.0 Å². The average molecular weight is 445 g/mol. The molecule has 1 saturated carbocycles. The predicted molar refractivity (Wildman–Crippen MR) is 132 cm³/mol. The molecule has 0 aromatic heterocycles. The lowest BCUT2D eigenvalue weighted by atomic mass is 9.67. The van der Waals surface area contributed by atoms with E-state index in [1.54, 1.807) is 7.11 Å². The van der Waals surface area contributed by atoms with Crippen LogP contribution in [0.1, 0.15) is 57.4 Å². The molecule has 0 radical (unpaired) electrons. The van der Waals surface area contributed by atoms with Crippen LogP contribution in [0.3, 0.4) is 0 Å². The Hall–Kier alpha value is -1.63. The van der Waals surface area contributed by atoms with Crippen molar-refractivity contribution < 1.29 is 9.47 Å². The Bertz CT molecular complexity index is 655. The number of nitrogens with one attached hydrogen (secondary N) is 2. The first-order valence-corrected chi connectivity index (χ1v) is 12.6. The predicted octanol–water partition coefficient (Wildman–Crippen LogP) is 3.82. The maximum Gasteiger partial charge on any atom is 0.191 e. The molecule has 0 atom stereocenters. The summed E-state index contributed by atoms with van der Waals surface area (Å²) in [6.45, 7) is 9.74. The number of nitrogens with zero attached hydrogens (tertiary/aromatic N) is 2. The highest BCUT2D eigenvalue weighted by atomic mass is 16.5. The van der Waals surface area contributed by atoms with Crippen molar-refractivity contribution in [2.24, 2.45) is 10.4 Å². The van der Waals surface area contributed by atoms with Gasteiger partial charge in [0.2, 0.25) is 0 Å². The zero-order chi connectivity index (χ0) is 22.5. The molecule has 0 amide bonds. The van der Waals surface area contributed by atoms with Crippen molar-refractivity contribution in [1.29, 1.82) is 0 Å². The summed E-state index contributed by atoms with van der Waals surface area (Å²) in [7, 11) is 1.79. The number of aliphatic imine (C=N–C) groups is 1. The van der Waals surface area contributed by atoms with Crippen LogP contribution in [0.15, 0.2) is 35.3 Å². The zero-order valence-electron chi connectivity index (χ0n) is 20.3. The van der Waals surface area contributed by atoms with Crippen molar-refractivity contribution in [2.75, 3.05) is 53.0 Å². The number of likely N-dealkylation sites (tertiary alicyclic amines) is 1. The molecule has 180 valence electrons. The summed E-state index contributed by atoms with van der Waals surface area (Å²) < 4.78 is 11.5. The summed E-state index contributed by atoms with van der Waals surface area (Å²) in [6.07, 6.45) is 8.67. The Kier molecular flexibility index (Phi) is 10.8. The van der Waals surface area contributed by atoms with Gasteiger partial charge in [-0.15, -0.1) is 0 Å². The summed E-state index contributed by atoms with van der Waals surface area (Å²) in [5.74, 6) is 0.936. The summed E-state index contributed by atoms with van der Waals surface area (Å²) in [4.78, 5) is 7.42. The lowest BCUT2D eigenvalue weighted by molar-refractivity contribution is 0.00534. The fraction of sp³-hybridized carbons (Fsp3) is 0.731. The molecule has 1 aliphatic carbocycles. The number of benzene rings is 1. The number of guanidine groups is 1. The Morgan fingerprint density at radius 3 is 2.56 bits per heavy atom. The van der Waals surface area contributed by atoms with Crippen LogP contribution in [0, 0.1) is 5.41 Å². The summed E-state index contributed by atoms with van der Waals surface area (Å²) in [6, 6.07) is 10.8. The molecule has 0 bridgehead atoms. The summed E-state index contributed by atoms with van der Waals surface area (Å²) in [5, 5.41) is 6.87. The van der Waals surface area contributed by atoms with Gasteiger partial charge in [-0.05, 0) is 56.4 Å². The monoisotopic (exact) mass is 444 g/mol. The van der Waals surface area contributed by atoms with E-state index >= 15 is 0 Å². The van der Waals surface area contributed by atoms with Crippen LogP contribution in [0.25, 0.3) is 0 Å². The molecule has 3 rings (SSSR count). The molecule has 2 fully saturated rings. The van der Waals surface area contributed by atoms with E-state index in [9.17, 15) is 0 Å². The van der Waals surface area contributed by atoms with Gasteiger partial charge < -0.3 is 20.1 Å². The van der Waals surface area contributed by atoms with Gasteiger partial charge in [0.15, 0.2) is 5.96 Å². The first kappa shape index (κ1) is 25.0. The maximum absolute atomic E-state index is 6.17. The lowest BCUT2D eigenvalue weighted by Gasteiger charge is -2.40. The highest BCUT2D eigenvalue weighted by Gasteiger charge is 2.36. The van der Waals surface area contributed by atoms with E-state index in [1.165, 1.54) is 24.8 Å². The van der Waals surface area contributed by atoms with Crippen molar-refractivity contribution in [2.45, 2.75) is 64.5 Å². The highest BCUT2D eigenvalue weighted by molar-refractivity contribution is 5.79. The first-order chi connectivity index (χ1) is 15.7. The smallest absolute Gasteiger partial charge is 0.191 e. The minimum atomic E-state index is 0.358. The third-order valence-electron chi connectivity index (χ3n) is 6.92. The Morgan fingerprint density at radius 1 is 1.12 bits per heavy atom. The number of hydrogen-bond donors (Lipinski definition) is 2. The summed E-state index contributed by atoms with van der Waals surface area (Å²) in [5.41, 5.74) is 1.76. The number of rotatable bonds is 13. The van der Waals surface area contributed by atoms with E-state index in [0.29, 0.717) is 11.5 Å². The van der Waals surface area contributed by atoms with Crippen LogP contribution in [0.4, 0.5) is 0 Å². The molecule has 1 aromatic carbocycles. The molecule has 2 aliphatic rings. The van der Waals surface area contributed by atoms with E-state index < -0.39 is 0 Å². The van der Waals surface area contributed by atoms with Crippen LogP contribution < -0.4 is 10.6 Å². The summed E-state index contributed by atoms with van der Waals surface area (Å²) >= 11 is 0. The molecular formula is C26H44N4O2. The van der Waals surface area contributed by atoms with E-state index in [-0.39, 0.29) is 0 Å². The van der Waals surface area contributed by atoms with Gasteiger partial charge in [0.1, 0.15) is 0 Å². The maximum atomic E-state index is 6.17. The molecule has 1 aliphatic heterocycles. The molecule has 32 heavy (non-hydrogen) atoms. The van der Waals surface area contributed by atoms with Crippen molar-refractivity contribution in [3.05, 3.63) is 35.9 Å². The minimum Gasteiger partial charge on any atom is -0.385 e. The highest BCUT2D eigenvalue weighted by Crippen LogP contribution is 2.44. The second-order valence-electron chi connectivity index (χ2n) is 9.40. The first-order valence-electron chi connectivity index (χ1n) is 12.6. The fourth-order valence-electron chi connectivity index (χ4n) is 4.68. The molecule has 2 N–H and O–H groups in total. The fourth-order valence-corrected chi connectivity index (χ4v) is 4.68. The lowest BCUT2D eigenvalue weighted by Crippen LogP contribution is -2.41. The Labute approximate surface area is 195 Å². The van der Waals surface area contributed by atoms with Crippen LogP contribution in [0.2, 0.25) is 0 Å². The van der Waals surface area contributed by atoms with Gasteiger partial charge in [-0.2, -0.15) is 0 Å². The molecule has 1 aromatic rings. The van der Waals surface area contributed by atoms with Gasteiger partial charge >= 0.3 is 0 Å². The number of methoxy groups -OCH3 is 1. The quantitative estimate of drug-likeness (QED) is 0.275. The van der Waals surface area contributed by atoms with E-state index in [1.807, 2.05) is 0 Å². The average Bonchev–Trinajstić information content (AvgIpc) is 2.79. The minimum absolute atomic E-state index is 0.358. The van der Waals surface area contributed by atoms with Gasteiger partial charge in [-0.25, -0.2) is 0 Å². The Balaban J connectivity index is 1.28. The largest absolute Gasteiger partial charge is 0.385 e. The molecule has 1 saturated heterocycles. The van der Waals surface area contributed by atoms with Gasteiger partial charge in [0, 0.05) is 59.6 Å². The van der Waals surface area contributed by atoms with Crippen molar-refractivity contribution in [3.8, 4) is 0 Å². The number of piperidine rings is 1. The third-order valence-corrected chi connectivity index (χ3v) is 6.92.